The number of carbonyl (C=O) groups excluding carboxylic acids is 4. The molecular formula is C72H136FeNaO8. The van der Waals surface area contributed by atoms with Gasteiger partial charge in [0, 0.05) is 23.9 Å². The minimum atomic E-state index is -0.921. The minimum absolute atomic E-state index is 0. The maximum atomic E-state index is 10.2. The van der Waals surface area contributed by atoms with Crippen molar-refractivity contribution in [2.45, 2.75) is 413 Å². The Labute approximate surface area is 543 Å². The molecule has 0 heterocycles. The summed E-state index contributed by atoms with van der Waals surface area (Å²) < 4.78 is 0. The first-order valence-corrected chi connectivity index (χ1v) is 35.2. The van der Waals surface area contributed by atoms with Crippen LogP contribution in [0.4, 0.5) is 0 Å². The molecule has 481 valence electrons. The summed E-state index contributed by atoms with van der Waals surface area (Å²) >= 11 is 0. The van der Waals surface area contributed by atoms with Crippen molar-refractivity contribution in [1.82, 2.24) is 0 Å². The number of carboxylic acid groups (broad SMARTS) is 4. The number of aliphatic carboxylic acids is 4. The molecule has 0 aliphatic carbocycles. The van der Waals surface area contributed by atoms with E-state index in [1.807, 2.05) is 0 Å². The Morgan fingerprint density at radius 3 is 0.524 bits per heavy atom. The van der Waals surface area contributed by atoms with Gasteiger partial charge in [-0.15, -0.1) is 0 Å². The molecule has 0 unspecified atom stereocenters. The van der Waals surface area contributed by atoms with E-state index >= 15 is 0 Å². The third-order valence-corrected chi connectivity index (χ3v) is 15.3. The molecule has 0 saturated heterocycles. The zero-order valence-electron chi connectivity index (χ0n) is 55.4. The monoisotopic (exact) mass is 1210 g/mol. The van der Waals surface area contributed by atoms with Crippen LogP contribution in [0.2, 0.25) is 0 Å². The van der Waals surface area contributed by atoms with Crippen molar-refractivity contribution in [1.29, 1.82) is 0 Å². The number of hydrogen-bond acceptors (Lipinski definition) is 8. The van der Waals surface area contributed by atoms with Crippen molar-refractivity contribution < 1.29 is 86.2 Å². The van der Waals surface area contributed by atoms with Crippen LogP contribution in [-0.2, 0) is 36.2 Å². The maximum absolute atomic E-state index is 10.2. The van der Waals surface area contributed by atoms with Crippen molar-refractivity contribution in [3.8, 4) is 0 Å². The van der Waals surface area contributed by atoms with E-state index in [-0.39, 0.29) is 72.3 Å². The average Bonchev–Trinajstić information content (AvgIpc) is 3.43. The Balaban J connectivity index is -0.000000233. The fourth-order valence-corrected chi connectivity index (χ4v) is 10.0. The minimum Gasteiger partial charge on any atom is -0.550 e. The smallest absolute Gasteiger partial charge is 0.550 e. The second-order valence-corrected chi connectivity index (χ2v) is 23.6. The maximum Gasteiger partial charge on any atom is 3.00 e. The van der Waals surface area contributed by atoms with Crippen LogP contribution in [0.25, 0.3) is 0 Å². The van der Waals surface area contributed by atoms with Crippen LogP contribution in [-0.4, -0.2) is 23.9 Å². The first-order valence-electron chi connectivity index (χ1n) is 35.2. The fraction of sp³-hybridized carbons (Fsp3) is 0.889. The summed E-state index contributed by atoms with van der Waals surface area (Å²) in [5.41, 5.74) is 0. The summed E-state index contributed by atoms with van der Waals surface area (Å²) in [5, 5.41) is 40.9. The van der Waals surface area contributed by atoms with Crippen molar-refractivity contribution >= 4 is 23.9 Å². The zero-order chi connectivity index (χ0) is 59.6. The molecule has 0 aliphatic heterocycles. The molecule has 0 saturated carbocycles. The molecule has 0 bridgehead atoms. The molecule has 0 amide bonds. The van der Waals surface area contributed by atoms with Crippen molar-refractivity contribution in [2.75, 3.05) is 0 Å². The van der Waals surface area contributed by atoms with E-state index < -0.39 is 23.9 Å². The van der Waals surface area contributed by atoms with Crippen LogP contribution >= 0.6 is 0 Å². The van der Waals surface area contributed by atoms with Gasteiger partial charge < -0.3 is 39.6 Å². The Bertz CT molecular complexity index is 1160. The van der Waals surface area contributed by atoms with E-state index in [0.29, 0.717) is 0 Å². The summed E-state index contributed by atoms with van der Waals surface area (Å²) in [4.78, 5) is 40.9. The Morgan fingerprint density at radius 2 is 0.354 bits per heavy atom. The van der Waals surface area contributed by atoms with E-state index in [1.165, 1.54) is 289 Å². The van der Waals surface area contributed by atoms with Crippen LogP contribution in [0.15, 0.2) is 24.3 Å². The van der Waals surface area contributed by atoms with Crippen LogP contribution < -0.4 is 50.0 Å². The molecule has 0 aromatic rings. The Hall–Kier alpha value is -1.12. The van der Waals surface area contributed by atoms with Gasteiger partial charge in [0.25, 0.3) is 0 Å². The molecule has 82 heavy (non-hydrogen) atoms. The number of rotatable bonds is 62. The van der Waals surface area contributed by atoms with Gasteiger partial charge in [0.2, 0.25) is 0 Å². The van der Waals surface area contributed by atoms with Crippen LogP contribution in [0.1, 0.15) is 413 Å². The summed E-state index contributed by atoms with van der Waals surface area (Å²) in [6, 6.07) is 0. The summed E-state index contributed by atoms with van der Waals surface area (Å²) in [6.45, 7) is 9.03. The zero-order valence-corrected chi connectivity index (χ0v) is 58.5. The SMILES string of the molecule is CCCCC/C=C\C/C=C\CCCCCCCC(=O)[O-].CCCCCCCCCCCCCCCCCC(=O)[O-].CCCCCCCCCCCCCCCCCC(=O)[O-].CCCCCCCCCCCCCCCCCC(=O)[O-].[Fe+3].[Na+]. The molecule has 0 fully saturated rings. The number of carboxylic acids is 4. The number of allylic oxidation sites excluding steroid dienone is 4. The molecule has 1 radical (unpaired) electrons. The summed E-state index contributed by atoms with van der Waals surface area (Å²) in [5.74, 6) is -3.63. The summed E-state index contributed by atoms with van der Waals surface area (Å²) in [7, 11) is 0. The normalized spacial score (nSPS) is 10.8. The largest absolute Gasteiger partial charge is 3.00 e. The topological polar surface area (TPSA) is 161 Å². The predicted octanol–water partition coefficient (Wildman–Crippen LogP) is 16.5. The second kappa shape index (κ2) is 88.6. The second-order valence-electron chi connectivity index (χ2n) is 23.6. The van der Waals surface area contributed by atoms with Crippen molar-refractivity contribution in [3.05, 3.63) is 24.3 Å². The fourth-order valence-electron chi connectivity index (χ4n) is 10.0. The van der Waals surface area contributed by atoms with E-state index in [0.717, 1.165) is 70.6 Å². The van der Waals surface area contributed by atoms with Gasteiger partial charge in [-0.1, -0.05) is 354 Å². The van der Waals surface area contributed by atoms with Crippen LogP contribution in [0.5, 0.6) is 0 Å². The number of carbonyl (C=O) groups is 4. The van der Waals surface area contributed by atoms with E-state index in [4.69, 9.17) is 0 Å². The molecule has 8 nitrogen and oxygen atoms in total. The van der Waals surface area contributed by atoms with Gasteiger partial charge in [0.05, 0.1) is 0 Å². The standard InChI is InChI=1S/3C18H36O2.C18H32O2.Fe.Na/c4*1-2-3-4-5-6-7-8-9-10-11-12-13-14-15-16-17-18(19)20;;/h3*2-17H2,1H3,(H,19,20);6-7,9-10H,2-5,8,11-17H2,1H3,(H,19,20);;/q;;;;+3;+1/p-4/b;;;7-6-,10-9-;;. The molecular weight excluding hydrogens is 1070 g/mol. The van der Waals surface area contributed by atoms with E-state index in [2.05, 4.69) is 52.0 Å². The van der Waals surface area contributed by atoms with Gasteiger partial charge in [-0.25, -0.2) is 0 Å². The molecule has 0 aliphatic rings. The Kier molecular flexibility index (Phi) is 99.5. The van der Waals surface area contributed by atoms with Gasteiger partial charge in [-0.05, 0) is 83.5 Å². The molecule has 0 aromatic heterocycles. The van der Waals surface area contributed by atoms with E-state index in [1.54, 1.807) is 0 Å². The van der Waals surface area contributed by atoms with Crippen molar-refractivity contribution in [3.63, 3.8) is 0 Å². The van der Waals surface area contributed by atoms with E-state index in [9.17, 15) is 39.6 Å². The van der Waals surface area contributed by atoms with Gasteiger partial charge >= 0.3 is 46.6 Å². The van der Waals surface area contributed by atoms with Gasteiger partial charge in [0.15, 0.2) is 0 Å². The molecule has 0 rings (SSSR count). The van der Waals surface area contributed by atoms with Gasteiger partial charge in [-0.3, -0.25) is 0 Å². The molecule has 10 heteroatoms. The van der Waals surface area contributed by atoms with Crippen molar-refractivity contribution in [2.24, 2.45) is 0 Å². The van der Waals surface area contributed by atoms with Gasteiger partial charge in [-0.2, -0.15) is 0 Å². The number of unbranched alkanes of at least 4 members (excludes halogenated alkanes) is 50. The molecule has 0 aromatic carbocycles. The Morgan fingerprint density at radius 1 is 0.220 bits per heavy atom. The quantitative estimate of drug-likeness (QED) is 0.0330. The van der Waals surface area contributed by atoms with Crippen LogP contribution in [0.3, 0.4) is 0 Å². The molecule has 0 N–H and O–H groups in total. The third kappa shape index (κ3) is 107. The molecule has 0 spiro atoms. The average molecular weight is 1210 g/mol. The summed E-state index contributed by atoms with van der Waals surface area (Å²) in [6.07, 6.45) is 81.5. The molecule has 0 atom stereocenters. The van der Waals surface area contributed by atoms with Crippen LogP contribution in [0, 0.1) is 0 Å². The first-order chi connectivity index (χ1) is 39.1. The first kappa shape index (κ1) is 92.0. The van der Waals surface area contributed by atoms with Gasteiger partial charge in [0.1, 0.15) is 0 Å². The number of hydrogen-bond donors (Lipinski definition) is 0. The predicted molar refractivity (Wildman–Crippen MR) is 338 cm³/mol. The third-order valence-electron chi connectivity index (χ3n) is 15.3.